The Kier molecular flexibility index (Phi) is 7.32. The van der Waals surface area contributed by atoms with E-state index in [0.717, 1.165) is 12.2 Å². The molecule has 1 heterocycles. The van der Waals surface area contributed by atoms with Crippen LogP contribution in [0.4, 0.5) is 17.6 Å². The van der Waals surface area contributed by atoms with Crippen molar-refractivity contribution < 1.29 is 32.2 Å². The summed E-state index contributed by atoms with van der Waals surface area (Å²) in [5.74, 6) is -8.18. The Balaban J connectivity index is 1.78. The van der Waals surface area contributed by atoms with Crippen molar-refractivity contribution in [2.45, 2.75) is 6.54 Å². The zero-order valence-corrected chi connectivity index (χ0v) is 19.2. The largest absolute Gasteiger partial charge is 0.478 e. The SMILES string of the molecule is CN/N=C1\C(=N)C=C(c2c(F)c(F)c(-c3cccc(CN4CCOCC4)c3)c(F)c2F)C=C1C(=O)O. The Morgan fingerprint density at radius 1 is 1.08 bits per heavy atom. The van der Waals surface area contributed by atoms with Crippen LogP contribution >= 0.6 is 0 Å². The number of halogens is 4. The van der Waals surface area contributed by atoms with Gasteiger partial charge in [-0.1, -0.05) is 18.2 Å². The van der Waals surface area contributed by atoms with Gasteiger partial charge in [-0.3, -0.25) is 10.3 Å². The Morgan fingerprint density at radius 2 is 1.72 bits per heavy atom. The lowest BCUT2D eigenvalue weighted by Crippen LogP contribution is -2.35. The number of ether oxygens (including phenoxy) is 1. The number of aliphatic carboxylic acids is 1. The predicted octanol–water partition coefficient (Wildman–Crippen LogP) is 3.75. The first-order valence-corrected chi connectivity index (χ1v) is 11.0. The molecule has 0 amide bonds. The summed E-state index contributed by atoms with van der Waals surface area (Å²) in [5.41, 5.74) is -0.855. The number of carboxylic acids is 1. The van der Waals surface area contributed by atoms with Crippen molar-refractivity contribution in [3.05, 3.63) is 76.4 Å². The molecule has 1 aliphatic carbocycles. The number of morpholine rings is 1. The van der Waals surface area contributed by atoms with E-state index < -0.39 is 57.2 Å². The smallest absolute Gasteiger partial charge is 0.338 e. The highest BCUT2D eigenvalue weighted by atomic mass is 19.2. The zero-order chi connectivity index (χ0) is 26.0. The van der Waals surface area contributed by atoms with E-state index in [2.05, 4.69) is 15.4 Å². The molecular weight excluding hydrogens is 480 g/mol. The van der Waals surface area contributed by atoms with Gasteiger partial charge in [-0.2, -0.15) is 5.10 Å². The second-order valence-corrected chi connectivity index (χ2v) is 8.16. The molecule has 1 aliphatic heterocycles. The first kappa shape index (κ1) is 25.3. The highest BCUT2D eigenvalue weighted by Crippen LogP contribution is 2.37. The molecule has 7 nitrogen and oxygen atoms in total. The fourth-order valence-electron chi connectivity index (χ4n) is 4.16. The molecule has 2 aromatic rings. The number of nitrogens with zero attached hydrogens (tertiary/aromatic N) is 2. The molecule has 2 aromatic carbocycles. The number of hydrogen-bond acceptors (Lipinski definition) is 6. The van der Waals surface area contributed by atoms with Gasteiger partial charge in [0.25, 0.3) is 0 Å². The summed E-state index contributed by atoms with van der Waals surface area (Å²) >= 11 is 0. The third kappa shape index (κ3) is 4.79. The molecule has 0 atom stereocenters. The van der Waals surface area contributed by atoms with Crippen molar-refractivity contribution in [1.29, 1.82) is 5.41 Å². The van der Waals surface area contributed by atoms with Crippen LogP contribution in [0.1, 0.15) is 11.1 Å². The number of hydrazone groups is 1. The van der Waals surface area contributed by atoms with Crippen molar-refractivity contribution in [1.82, 2.24) is 10.3 Å². The number of carbonyl (C=O) groups is 1. The van der Waals surface area contributed by atoms with Gasteiger partial charge < -0.3 is 15.3 Å². The Morgan fingerprint density at radius 3 is 2.33 bits per heavy atom. The van der Waals surface area contributed by atoms with Gasteiger partial charge in [0.15, 0.2) is 23.3 Å². The first-order chi connectivity index (χ1) is 17.2. The van der Waals surface area contributed by atoms with Crippen LogP contribution in [0.15, 0.2) is 47.1 Å². The van der Waals surface area contributed by atoms with E-state index in [9.17, 15) is 9.90 Å². The number of rotatable bonds is 6. The molecule has 0 bridgehead atoms. The minimum atomic E-state index is -1.70. The van der Waals surface area contributed by atoms with Gasteiger partial charge >= 0.3 is 5.97 Å². The fraction of sp³-hybridized carbons (Fsp3) is 0.240. The molecule has 36 heavy (non-hydrogen) atoms. The van der Waals surface area contributed by atoms with Gasteiger partial charge in [0.05, 0.1) is 35.6 Å². The summed E-state index contributed by atoms with van der Waals surface area (Å²) in [5, 5.41) is 21.1. The summed E-state index contributed by atoms with van der Waals surface area (Å²) < 4.78 is 66.2. The van der Waals surface area contributed by atoms with Crippen molar-refractivity contribution in [3.63, 3.8) is 0 Å². The zero-order valence-electron chi connectivity index (χ0n) is 19.2. The van der Waals surface area contributed by atoms with Crippen molar-refractivity contribution in [3.8, 4) is 11.1 Å². The van der Waals surface area contributed by atoms with Crippen molar-refractivity contribution in [2.75, 3.05) is 33.4 Å². The molecule has 188 valence electrons. The number of hydrogen-bond donors (Lipinski definition) is 3. The van der Waals surface area contributed by atoms with Crippen LogP contribution in [0.5, 0.6) is 0 Å². The summed E-state index contributed by atoms with van der Waals surface area (Å²) in [6.07, 6.45) is 1.71. The molecule has 0 radical (unpaired) electrons. The summed E-state index contributed by atoms with van der Waals surface area (Å²) in [4.78, 5) is 13.7. The van der Waals surface area contributed by atoms with E-state index in [4.69, 9.17) is 10.1 Å². The Bertz CT molecular complexity index is 1300. The van der Waals surface area contributed by atoms with Crippen LogP contribution in [-0.4, -0.2) is 60.8 Å². The topological polar surface area (TPSA) is 98.0 Å². The molecule has 0 unspecified atom stereocenters. The molecule has 0 aromatic heterocycles. The summed E-state index contributed by atoms with van der Waals surface area (Å²) in [6.45, 7) is 2.96. The Hall–Kier alpha value is -3.83. The second-order valence-electron chi connectivity index (χ2n) is 8.16. The summed E-state index contributed by atoms with van der Waals surface area (Å²) in [6, 6.07) is 6.11. The third-order valence-corrected chi connectivity index (χ3v) is 5.84. The molecular formula is C25H22F4N4O3. The molecule has 1 fully saturated rings. The average Bonchev–Trinajstić information content (AvgIpc) is 2.85. The maximum Gasteiger partial charge on any atom is 0.338 e. The van der Waals surface area contributed by atoms with E-state index in [-0.39, 0.29) is 11.3 Å². The molecule has 3 N–H and O–H groups in total. The van der Waals surface area contributed by atoms with Crippen LogP contribution in [0, 0.1) is 28.7 Å². The van der Waals surface area contributed by atoms with Gasteiger partial charge in [0.2, 0.25) is 0 Å². The number of nitrogens with one attached hydrogen (secondary N) is 2. The Labute approximate surface area is 203 Å². The van der Waals surface area contributed by atoms with Gasteiger partial charge in [-0.25, -0.2) is 22.4 Å². The quantitative estimate of drug-likeness (QED) is 0.242. The molecule has 11 heteroatoms. The second kappa shape index (κ2) is 10.4. The lowest BCUT2D eigenvalue weighted by Gasteiger charge is -2.26. The summed E-state index contributed by atoms with van der Waals surface area (Å²) in [7, 11) is 1.37. The van der Waals surface area contributed by atoms with Crippen molar-refractivity contribution >= 4 is 23.0 Å². The standard InChI is InChI=1S/C25H22F4N4O3/c1-31-32-24-16(25(34)35)10-15(11-17(24)30)19-22(28)20(26)18(21(27)23(19)29)14-4-2-3-13(9-14)12-33-5-7-36-8-6-33/h2-4,9-11,30-31H,5-8,12H2,1H3,(H,34,35)/b30-17?,32-24-. The maximum absolute atomic E-state index is 15.2. The van der Waals surface area contributed by atoms with Gasteiger partial charge in [0.1, 0.15) is 5.71 Å². The minimum Gasteiger partial charge on any atom is -0.478 e. The first-order valence-electron chi connectivity index (χ1n) is 11.0. The highest BCUT2D eigenvalue weighted by molar-refractivity contribution is 6.57. The fourth-order valence-corrected chi connectivity index (χ4v) is 4.16. The average molecular weight is 502 g/mol. The maximum atomic E-state index is 15.2. The minimum absolute atomic E-state index is 0.0457. The molecule has 2 aliphatic rings. The molecule has 0 spiro atoms. The van der Waals surface area contributed by atoms with E-state index >= 15 is 17.6 Å². The normalized spacial score (nSPS) is 17.7. The van der Waals surface area contributed by atoms with E-state index in [0.29, 0.717) is 38.4 Å². The van der Waals surface area contributed by atoms with Crippen LogP contribution < -0.4 is 5.43 Å². The van der Waals surface area contributed by atoms with Crippen molar-refractivity contribution in [2.24, 2.45) is 5.10 Å². The number of allylic oxidation sites excluding steroid dienone is 3. The monoisotopic (exact) mass is 502 g/mol. The third-order valence-electron chi connectivity index (χ3n) is 5.84. The molecule has 4 rings (SSSR count). The van der Waals surface area contributed by atoms with E-state index in [1.165, 1.54) is 19.2 Å². The van der Waals surface area contributed by atoms with Gasteiger partial charge in [-0.05, 0) is 34.9 Å². The predicted molar refractivity (Wildman–Crippen MR) is 126 cm³/mol. The van der Waals surface area contributed by atoms with Crippen LogP contribution in [0.3, 0.4) is 0 Å². The van der Waals surface area contributed by atoms with Crippen LogP contribution in [0.25, 0.3) is 16.7 Å². The molecule has 1 saturated heterocycles. The number of carboxylic acid groups (broad SMARTS) is 1. The van der Waals surface area contributed by atoms with Gasteiger partial charge in [0, 0.05) is 26.7 Å². The van der Waals surface area contributed by atoms with Gasteiger partial charge in [-0.15, -0.1) is 0 Å². The lowest BCUT2D eigenvalue weighted by atomic mass is 9.89. The lowest BCUT2D eigenvalue weighted by molar-refractivity contribution is -0.132. The molecule has 0 saturated carbocycles. The van der Waals surface area contributed by atoms with E-state index in [1.807, 2.05) is 0 Å². The van der Waals surface area contributed by atoms with Crippen LogP contribution in [0.2, 0.25) is 0 Å². The highest BCUT2D eigenvalue weighted by Gasteiger charge is 2.31. The van der Waals surface area contributed by atoms with Crippen LogP contribution in [-0.2, 0) is 16.1 Å². The number of benzene rings is 2. The van der Waals surface area contributed by atoms with E-state index in [1.54, 1.807) is 12.1 Å².